The molecule has 0 atom stereocenters. The number of carbonyl (C=O) groups excluding carboxylic acids is 3. The van der Waals surface area contributed by atoms with Gasteiger partial charge in [-0.1, -0.05) is 24.3 Å². The van der Waals surface area contributed by atoms with Crippen molar-refractivity contribution in [1.82, 2.24) is 10.6 Å². The maximum atomic E-state index is 12.3. The van der Waals surface area contributed by atoms with Crippen molar-refractivity contribution in [3.8, 4) is 0 Å². The summed E-state index contributed by atoms with van der Waals surface area (Å²) >= 11 is 0. The zero-order chi connectivity index (χ0) is 30.1. The molecule has 0 spiro atoms. The lowest BCUT2D eigenvalue weighted by atomic mass is 10.0. The van der Waals surface area contributed by atoms with E-state index < -0.39 is 35.1 Å². The van der Waals surface area contributed by atoms with Crippen molar-refractivity contribution in [1.29, 1.82) is 0 Å². The molecule has 2 rings (SSSR count). The summed E-state index contributed by atoms with van der Waals surface area (Å²) in [5.41, 5.74) is 1.36. The van der Waals surface area contributed by atoms with Crippen molar-refractivity contribution in [2.24, 2.45) is 4.99 Å². The summed E-state index contributed by atoms with van der Waals surface area (Å²) < 4.78 is 15.8. The number of carbonyl (C=O) groups is 3. The molecule has 3 amide bonds. The molecule has 218 valence electrons. The van der Waals surface area contributed by atoms with Crippen molar-refractivity contribution in [2.75, 3.05) is 5.32 Å². The van der Waals surface area contributed by atoms with Gasteiger partial charge in [-0.25, -0.2) is 19.4 Å². The molecule has 0 unspecified atom stereocenters. The van der Waals surface area contributed by atoms with Gasteiger partial charge in [0.15, 0.2) is 0 Å². The summed E-state index contributed by atoms with van der Waals surface area (Å²) in [4.78, 5) is 40.9. The maximum Gasteiger partial charge on any atom is 0.414 e. The Bertz CT molecular complexity index is 1150. The number of anilines is 1. The summed E-state index contributed by atoms with van der Waals surface area (Å²) in [5, 5.41) is 7.66. The molecular weight excluding hydrogens is 512 g/mol. The fourth-order valence-electron chi connectivity index (χ4n) is 3.22. The van der Waals surface area contributed by atoms with Crippen LogP contribution in [0.1, 0.15) is 73.4 Å². The standard InChI is InChI=1S/C30H42N4O6/c1-28(2,3)38-25(35)32-23-18-14-21(15-19-23)11-10-20-12-16-22(17-13-20)31-24(33-26(36)39-29(4,5)6)34-27(37)40-30(7,8)9/h12-19H,10-11H2,1-9H3,(H,32,35)(H2,31,33,34,36,37). The smallest absolute Gasteiger partial charge is 0.414 e. The molecule has 0 saturated carbocycles. The fourth-order valence-corrected chi connectivity index (χ4v) is 3.22. The number of hydrogen-bond acceptors (Lipinski definition) is 7. The van der Waals surface area contributed by atoms with E-state index >= 15 is 0 Å². The Labute approximate surface area is 236 Å². The van der Waals surface area contributed by atoms with E-state index in [1.165, 1.54) is 0 Å². The van der Waals surface area contributed by atoms with Crippen LogP contribution < -0.4 is 16.0 Å². The largest absolute Gasteiger partial charge is 0.444 e. The van der Waals surface area contributed by atoms with Crippen LogP contribution in [0.15, 0.2) is 53.5 Å². The minimum atomic E-state index is -0.758. The van der Waals surface area contributed by atoms with Gasteiger partial charge in [0, 0.05) is 5.69 Å². The number of guanidine groups is 1. The topological polar surface area (TPSA) is 127 Å². The Morgan fingerprint density at radius 3 is 1.38 bits per heavy atom. The molecule has 40 heavy (non-hydrogen) atoms. The van der Waals surface area contributed by atoms with Crippen molar-refractivity contribution < 1.29 is 28.6 Å². The molecule has 3 N–H and O–H groups in total. The molecule has 0 radical (unpaired) electrons. The lowest BCUT2D eigenvalue weighted by molar-refractivity contribution is 0.0542. The van der Waals surface area contributed by atoms with Crippen LogP contribution in [0.25, 0.3) is 0 Å². The molecule has 0 aliphatic carbocycles. The van der Waals surface area contributed by atoms with Crippen LogP contribution in [0.2, 0.25) is 0 Å². The Hall–Kier alpha value is -4.08. The summed E-state index contributed by atoms with van der Waals surface area (Å²) in [6, 6.07) is 15.0. The minimum Gasteiger partial charge on any atom is -0.444 e. The summed E-state index contributed by atoms with van der Waals surface area (Å²) in [7, 11) is 0. The van der Waals surface area contributed by atoms with Gasteiger partial charge in [-0.3, -0.25) is 16.0 Å². The van der Waals surface area contributed by atoms with Gasteiger partial charge in [-0.05, 0) is 111 Å². The molecule has 2 aromatic carbocycles. The van der Waals surface area contributed by atoms with E-state index in [4.69, 9.17) is 14.2 Å². The van der Waals surface area contributed by atoms with E-state index in [2.05, 4.69) is 20.9 Å². The number of aliphatic imine (C=N–C) groups is 1. The van der Waals surface area contributed by atoms with Crippen LogP contribution in [0.3, 0.4) is 0 Å². The van der Waals surface area contributed by atoms with Gasteiger partial charge < -0.3 is 14.2 Å². The first kappa shape index (κ1) is 32.1. The highest BCUT2D eigenvalue weighted by Crippen LogP contribution is 2.17. The van der Waals surface area contributed by atoms with E-state index in [0.29, 0.717) is 11.4 Å². The molecule has 0 heterocycles. The molecular formula is C30H42N4O6. The first-order chi connectivity index (χ1) is 18.4. The summed E-state index contributed by atoms with van der Waals surface area (Å²) in [6.07, 6.45) is -0.436. The zero-order valence-corrected chi connectivity index (χ0v) is 24.9. The summed E-state index contributed by atoms with van der Waals surface area (Å²) in [5.74, 6) is -0.115. The minimum absolute atomic E-state index is 0.115. The van der Waals surface area contributed by atoms with Crippen molar-refractivity contribution in [2.45, 2.75) is 92.0 Å². The van der Waals surface area contributed by atoms with Crippen molar-refractivity contribution in [3.05, 3.63) is 59.7 Å². The lowest BCUT2D eigenvalue weighted by Crippen LogP contribution is -2.47. The number of amides is 3. The molecule has 2 aromatic rings. The van der Waals surface area contributed by atoms with Gasteiger partial charge in [0.1, 0.15) is 16.8 Å². The van der Waals surface area contributed by atoms with Gasteiger partial charge >= 0.3 is 18.3 Å². The normalized spacial score (nSPS) is 11.6. The van der Waals surface area contributed by atoms with Gasteiger partial charge in [-0.15, -0.1) is 0 Å². The number of aryl methyl sites for hydroxylation is 2. The number of rotatable bonds is 5. The molecule has 0 aromatic heterocycles. The van der Waals surface area contributed by atoms with E-state index in [-0.39, 0.29) is 5.96 Å². The Morgan fingerprint density at radius 2 is 0.975 bits per heavy atom. The van der Waals surface area contributed by atoms with Crippen molar-refractivity contribution in [3.63, 3.8) is 0 Å². The van der Waals surface area contributed by atoms with E-state index in [1.807, 2.05) is 57.2 Å². The van der Waals surface area contributed by atoms with E-state index in [0.717, 1.165) is 24.0 Å². The maximum absolute atomic E-state index is 12.3. The third kappa shape index (κ3) is 13.6. The average Bonchev–Trinajstić information content (AvgIpc) is 2.75. The molecule has 10 heteroatoms. The molecule has 0 aliphatic rings. The number of ether oxygens (including phenoxy) is 3. The lowest BCUT2D eigenvalue weighted by Gasteiger charge is -2.22. The van der Waals surface area contributed by atoms with Gasteiger partial charge in [-0.2, -0.15) is 0 Å². The molecule has 0 fully saturated rings. The predicted molar refractivity (Wildman–Crippen MR) is 156 cm³/mol. The first-order valence-electron chi connectivity index (χ1n) is 13.1. The SMILES string of the molecule is CC(C)(C)OC(=O)NC(=Nc1ccc(CCc2ccc(NC(=O)OC(C)(C)C)cc2)cc1)NC(=O)OC(C)(C)C. The van der Waals surface area contributed by atoms with Gasteiger partial charge in [0.05, 0.1) is 5.69 Å². The second kappa shape index (κ2) is 13.3. The highest BCUT2D eigenvalue weighted by Gasteiger charge is 2.21. The molecule has 0 saturated heterocycles. The zero-order valence-electron chi connectivity index (χ0n) is 24.9. The Balaban J connectivity index is 2.03. The van der Waals surface area contributed by atoms with E-state index in [9.17, 15) is 14.4 Å². The number of nitrogens with one attached hydrogen (secondary N) is 3. The van der Waals surface area contributed by atoms with Crippen LogP contribution in [-0.4, -0.2) is 41.0 Å². The quantitative estimate of drug-likeness (QED) is 0.211. The summed E-state index contributed by atoms with van der Waals surface area (Å²) in [6.45, 7) is 15.9. The second-order valence-corrected chi connectivity index (χ2v) is 12.2. The predicted octanol–water partition coefficient (Wildman–Crippen LogP) is 6.86. The molecule has 10 nitrogen and oxygen atoms in total. The van der Waals surface area contributed by atoms with E-state index in [1.54, 1.807) is 53.7 Å². The first-order valence-corrected chi connectivity index (χ1v) is 13.1. The number of hydrogen-bond donors (Lipinski definition) is 3. The number of alkyl carbamates (subject to hydrolysis) is 2. The number of benzene rings is 2. The highest BCUT2D eigenvalue weighted by molar-refractivity contribution is 6.02. The van der Waals surface area contributed by atoms with Gasteiger partial charge in [0.2, 0.25) is 5.96 Å². The van der Waals surface area contributed by atoms with Crippen LogP contribution in [0.4, 0.5) is 25.8 Å². The van der Waals surface area contributed by atoms with Crippen LogP contribution >= 0.6 is 0 Å². The highest BCUT2D eigenvalue weighted by atomic mass is 16.6. The molecule has 0 aliphatic heterocycles. The van der Waals surface area contributed by atoms with Crippen LogP contribution in [-0.2, 0) is 27.1 Å². The van der Waals surface area contributed by atoms with Gasteiger partial charge in [0.25, 0.3) is 0 Å². The fraction of sp³-hybridized carbons (Fsp3) is 0.467. The second-order valence-electron chi connectivity index (χ2n) is 12.2. The third-order valence-corrected chi connectivity index (χ3v) is 4.72. The Kier molecular flexibility index (Phi) is 10.7. The van der Waals surface area contributed by atoms with Crippen LogP contribution in [0.5, 0.6) is 0 Å². The number of nitrogens with zero attached hydrogens (tertiary/aromatic N) is 1. The van der Waals surface area contributed by atoms with Crippen molar-refractivity contribution >= 4 is 35.6 Å². The van der Waals surface area contributed by atoms with Crippen LogP contribution in [0, 0.1) is 0 Å². The average molecular weight is 555 g/mol. The molecule has 0 bridgehead atoms. The Morgan fingerprint density at radius 1 is 0.600 bits per heavy atom. The third-order valence-electron chi connectivity index (χ3n) is 4.72. The monoisotopic (exact) mass is 554 g/mol.